The summed E-state index contributed by atoms with van der Waals surface area (Å²) in [4.78, 5) is 14.1. The minimum Gasteiger partial charge on any atom is -0.395 e. The number of aromatic nitrogens is 2. The third-order valence-electron chi connectivity index (χ3n) is 3.13. The van der Waals surface area contributed by atoms with E-state index in [1.165, 1.54) is 0 Å². The Balaban J connectivity index is 2.20. The van der Waals surface area contributed by atoms with E-state index in [0.29, 0.717) is 29.5 Å². The summed E-state index contributed by atoms with van der Waals surface area (Å²) in [6.45, 7) is 4.74. The van der Waals surface area contributed by atoms with Crippen molar-refractivity contribution in [1.82, 2.24) is 15.1 Å². The van der Waals surface area contributed by atoms with Crippen LogP contribution in [0.25, 0.3) is 0 Å². The average Bonchev–Trinajstić information content (AvgIpc) is 2.76. The lowest BCUT2D eigenvalue weighted by Crippen LogP contribution is -2.31. The molecule has 1 heterocycles. The van der Waals surface area contributed by atoms with Gasteiger partial charge in [-0.15, -0.1) is 0 Å². The van der Waals surface area contributed by atoms with Gasteiger partial charge in [0.1, 0.15) is 0 Å². The number of hydrogen-bond acceptors (Lipinski definition) is 3. The van der Waals surface area contributed by atoms with E-state index in [1.807, 2.05) is 25.1 Å². The van der Waals surface area contributed by atoms with Crippen LogP contribution in [0.3, 0.4) is 0 Å². The Hall–Kier alpha value is -2.01. The molecule has 0 atom stereocenters. The van der Waals surface area contributed by atoms with Crippen LogP contribution in [0, 0.1) is 6.92 Å². The molecule has 5 nitrogen and oxygen atoms in total. The summed E-state index contributed by atoms with van der Waals surface area (Å²) < 4.78 is 0. The highest BCUT2D eigenvalue weighted by molar-refractivity contribution is 6.30. The number of nitrogens with one attached hydrogen (secondary N) is 1. The Kier molecular flexibility index (Phi) is 4.29. The normalized spacial score (nSPS) is 10.6. The zero-order valence-electron chi connectivity index (χ0n) is 11.5. The summed E-state index contributed by atoms with van der Waals surface area (Å²) in [5, 5.41) is 7.36. The number of hydrogen-bond donors (Lipinski definition) is 2. The minimum atomic E-state index is -0.186. The van der Waals surface area contributed by atoms with Crippen LogP contribution in [0.1, 0.15) is 28.7 Å². The second-order valence-electron chi connectivity index (χ2n) is 4.56. The maximum Gasteiger partial charge on any atom is 0.276 e. The van der Waals surface area contributed by atoms with Gasteiger partial charge in [0.05, 0.1) is 11.4 Å². The molecule has 0 fully saturated rings. The number of benzene rings is 1. The Bertz CT molecular complexity index is 623. The van der Waals surface area contributed by atoms with E-state index < -0.39 is 0 Å². The summed E-state index contributed by atoms with van der Waals surface area (Å²) in [5.74, 6) is -0.186. The lowest BCUT2D eigenvalue weighted by Gasteiger charge is -2.20. The van der Waals surface area contributed by atoms with Gasteiger partial charge in [0, 0.05) is 18.1 Å². The van der Waals surface area contributed by atoms with Crippen molar-refractivity contribution in [2.75, 3.05) is 12.3 Å². The van der Waals surface area contributed by atoms with E-state index in [0.717, 1.165) is 5.56 Å². The molecule has 0 unspecified atom stereocenters. The lowest BCUT2D eigenvalue weighted by molar-refractivity contribution is 0.0747. The number of carbonyl (C=O) groups excluding carboxylic acids is 1. The first-order valence-corrected chi connectivity index (χ1v) is 6.75. The highest BCUT2D eigenvalue weighted by atomic mass is 35.5. The highest BCUT2D eigenvalue weighted by Crippen LogP contribution is 2.17. The van der Waals surface area contributed by atoms with Gasteiger partial charge >= 0.3 is 0 Å². The van der Waals surface area contributed by atoms with Crippen LogP contribution >= 0.6 is 11.6 Å². The Morgan fingerprint density at radius 3 is 2.80 bits per heavy atom. The van der Waals surface area contributed by atoms with Crippen LogP contribution in [-0.4, -0.2) is 27.5 Å². The molecular formula is C14H17ClN4O. The predicted octanol–water partition coefficient (Wildman–Crippen LogP) is 2.62. The molecule has 3 N–H and O–H groups in total. The summed E-state index contributed by atoms with van der Waals surface area (Å²) in [6, 6.07) is 7.44. The van der Waals surface area contributed by atoms with Crippen molar-refractivity contribution in [3.05, 3.63) is 46.2 Å². The molecule has 0 saturated carbocycles. The first-order chi connectivity index (χ1) is 9.52. The van der Waals surface area contributed by atoms with Gasteiger partial charge in [-0.05, 0) is 31.5 Å². The molecule has 0 aliphatic rings. The molecule has 0 radical (unpaired) electrons. The number of nitrogens with zero attached hydrogens (tertiary/aromatic N) is 2. The van der Waals surface area contributed by atoms with Gasteiger partial charge in [-0.1, -0.05) is 23.7 Å². The zero-order chi connectivity index (χ0) is 14.7. The van der Waals surface area contributed by atoms with E-state index in [2.05, 4.69) is 10.2 Å². The highest BCUT2D eigenvalue weighted by Gasteiger charge is 2.21. The second kappa shape index (κ2) is 5.96. The van der Waals surface area contributed by atoms with Gasteiger partial charge < -0.3 is 10.6 Å². The molecule has 2 rings (SSSR count). The number of aryl methyl sites for hydroxylation is 1. The van der Waals surface area contributed by atoms with E-state index in [4.69, 9.17) is 17.3 Å². The van der Waals surface area contributed by atoms with E-state index in [1.54, 1.807) is 17.9 Å². The van der Waals surface area contributed by atoms with Crippen molar-refractivity contribution < 1.29 is 4.79 Å². The Labute approximate surface area is 122 Å². The number of halogens is 1. The molecule has 2 aromatic rings. The SMILES string of the molecule is CCN(Cc1cccc(Cl)c1)C(=O)c1n[nH]c(C)c1N. The first-order valence-electron chi connectivity index (χ1n) is 6.37. The van der Waals surface area contributed by atoms with Crippen molar-refractivity contribution >= 4 is 23.2 Å². The van der Waals surface area contributed by atoms with Crippen molar-refractivity contribution in [2.45, 2.75) is 20.4 Å². The third-order valence-corrected chi connectivity index (χ3v) is 3.36. The molecule has 20 heavy (non-hydrogen) atoms. The van der Waals surface area contributed by atoms with Crippen LogP contribution in [0.5, 0.6) is 0 Å². The summed E-state index contributed by atoms with van der Waals surface area (Å²) in [7, 11) is 0. The van der Waals surface area contributed by atoms with Gasteiger partial charge in [-0.25, -0.2) is 0 Å². The van der Waals surface area contributed by atoms with E-state index in [-0.39, 0.29) is 11.6 Å². The molecule has 0 spiro atoms. The van der Waals surface area contributed by atoms with Gasteiger partial charge in [-0.3, -0.25) is 9.89 Å². The van der Waals surface area contributed by atoms with Crippen molar-refractivity contribution in [3.8, 4) is 0 Å². The monoisotopic (exact) mass is 292 g/mol. The fourth-order valence-electron chi connectivity index (χ4n) is 1.93. The quantitative estimate of drug-likeness (QED) is 0.909. The number of nitrogens with two attached hydrogens (primary N) is 1. The van der Waals surface area contributed by atoms with Crippen LogP contribution in [0.15, 0.2) is 24.3 Å². The van der Waals surface area contributed by atoms with Crippen LogP contribution in [0.2, 0.25) is 5.02 Å². The molecule has 0 bridgehead atoms. The van der Waals surface area contributed by atoms with Gasteiger partial charge in [-0.2, -0.15) is 5.10 Å². The molecule has 1 amide bonds. The smallest absolute Gasteiger partial charge is 0.276 e. The summed E-state index contributed by atoms with van der Waals surface area (Å²) in [5.41, 5.74) is 8.20. The Morgan fingerprint density at radius 2 is 2.25 bits per heavy atom. The number of aromatic amines is 1. The molecule has 0 saturated heterocycles. The maximum absolute atomic E-state index is 12.4. The number of rotatable bonds is 4. The zero-order valence-corrected chi connectivity index (χ0v) is 12.2. The minimum absolute atomic E-state index is 0.186. The van der Waals surface area contributed by atoms with Crippen molar-refractivity contribution in [2.24, 2.45) is 0 Å². The van der Waals surface area contributed by atoms with Gasteiger partial charge in [0.15, 0.2) is 5.69 Å². The van der Waals surface area contributed by atoms with Crippen LogP contribution in [-0.2, 0) is 6.54 Å². The van der Waals surface area contributed by atoms with Crippen LogP contribution < -0.4 is 5.73 Å². The molecule has 1 aromatic heterocycles. The summed E-state index contributed by atoms with van der Waals surface area (Å²) in [6.07, 6.45) is 0. The number of H-pyrrole nitrogens is 1. The van der Waals surface area contributed by atoms with E-state index in [9.17, 15) is 4.79 Å². The molecule has 0 aliphatic carbocycles. The fourth-order valence-corrected chi connectivity index (χ4v) is 2.15. The molecule has 6 heteroatoms. The third kappa shape index (κ3) is 2.93. The average molecular weight is 293 g/mol. The van der Waals surface area contributed by atoms with E-state index >= 15 is 0 Å². The number of nitrogen functional groups attached to an aromatic ring is 1. The van der Waals surface area contributed by atoms with Crippen molar-refractivity contribution in [3.63, 3.8) is 0 Å². The predicted molar refractivity (Wildman–Crippen MR) is 79.6 cm³/mol. The van der Waals surface area contributed by atoms with Gasteiger partial charge in [0.2, 0.25) is 0 Å². The topological polar surface area (TPSA) is 75.0 Å². The maximum atomic E-state index is 12.4. The molecule has 0 aliphatic heterocycles. The second-order valence-corrected chi connectivity index (χ2v) is 5.00. The molecular weight excluding hydrogens is 276 g/mol. The molecule has 106 valence electrons. The molecule has 1 aromatic carbocycles. The van der Waals surface area contributed by atoms with Gasteiger partial charge in [0.25, 0.3) is 5.91 Å². The lowest BCUT2D eigenvalue weighted by atomic mass is 10.2. The standard InChI is InChI=1S/C14H17ClN4O/c1-3-19(8-10-5-4-6-11(15)7-10)14(20)13-12(16)9(2)17-18-13/h4-7H,3,8,16H2,1-2H3,(H,17,18). The largest absolute Gasteiger partial charge is 0.395 e. The van der Waals surface area contributed by atoms with Crippen LogP contribution in [0.4, 0.5) is 5.69 Å². The first kappa shape index (κ1) is 14.4. The number of carbonyl (C=O) groups is 1. The fraction of sp³-hybridized carbons (Fsp3) is 0.286. The van der Waals surface area contributed by atoms with Crippen molar-refractivity contribution in [1.29, 1.82) is 0 Å². The summed E-state index contributed by atoms with van der Waals surface area (Å²) >= 11 is 5.96. The number of anilines is 1. The Morgan fingerprint density at radius 1 is 1.50 bits per heavy atom. The number of amides is 1.